The van der Waals surface area contributed by atoms with E-state index in [1.54, 1.807) is 0 Å². The zero-order chi connectivity index (χ0) is 14.2. The van der Waals surface area contributed by atoms with Gasteiger partial charge in [-0.15, -0.1) is 0 Å². The molecule has 1 aromatic carbocycles. The average molecular weight is 263 g/mol. The molecular formula is C12H9NO6. The number of hydrogen-bond acceptors (Lipinski definition) is 5. The van der Waals surface area contributed by atoms with Crippen LogP contribution in [0.1, 0.15) is 16.8 Å². The summed E-state index contributed by atoms with van der Waals surface area (Å²) in [6, 6.07) is 4.02. The van der Waals surface area contributed by atoms with E-state index in [1.807, 2.05) is 0 Å². The fourth-order valence-corrected chi connectivity index (χ4v) is 1.65. The summed E-state index contributed by atoms with van der Waals surface area (Å²) in [4.78, 5) is 44.7. The topological polar surface area (TPSA) is 107 Å². The second kappa shape index (κ2) is 4.52. The minimum absolute atomic E-state index is 0.0233. The first kappa shape index (κ1) is 12.7. The SMILES string of the molecule is Cn1c(=O)oc2ccc(C(=O)C(=O)CC(=O)O)cc21. The number of aryl methyl sites for hydroxylation is 1. The number of Topliss-reactive ketones (excluding diaryl/α,β-unsaturated/α-hetero) is 2. The second-order valence-electron chi connectivity index (χ2n) is 3.93. The maximum atomic E-state index is 11.7. The third kappa shape index (κ3) is 2.30. The van der Waals surface area contributed by atoms with E-state index >= 15 is 0 Å². The lowest BCUT2D eigenvalue weighted by atomic mass is 10.1. The van der Waals surface area contributed by atoms with E-state index in [0.29, 0.717) is 5.52 Å². The molecule has 7 nitrogen and oxygen atoms in total. The summed E-state index contributed by atoms with van der Waals surface area (Å²) in [5, 5.41) is 8.47. The summed E-state index contributed by atoms with van der Waals surface area (Å²) in [6.45, 7) is 0. The number of fused-ring (bicyclic) bond motifs is 1. The van der Waals surface area contributed by atoms with Gasteiger partial charge >= 0.3 is 11.7 Å². The van der Waals surface area contributed by atoms with Gasteiger partial charge in [-0.1, -0.05) is 0 Å². The van der Waals surface area contributed by atoms with E-state index in [4.69, 9.17) is 9.52 Å². The summed E-state index contributed by atoms with van der Waals surface area (Å²) in [6.07, 6.45) is -0.860. The van der Waals surface area contributed by atoms with Crippen molar-refractivity contribution in [3.05, 3.63) is 34.3 Å². The van der Waals surface area contributed by atoms with Crippen LogP contribution in [0.25, 0.3) is 11.1 Å². The zero-order valence-electron chi connectivity index (χ0n) is 9.87. The number of nitrogens with zero attached hydrogens (tertiary/aromatic N) is 1. The van der Waals surface area contributed by atoms with Crippen molar-refractivity contribution in [2.24, 2.45) is 7.05 Å². The Morgan fingerprint density at radius 2 is 2.00 bits per heavy atom. The summed E-state index contributed by atoms with van der Waals surface area (Å²) < 4.78 is 6.06. The van der Waals surface area contributed by atoms with Crippen LogP contribution in [-0.4, -0.2) is 27.2 Å². The quantitative estimate of drug-likeness (QED) is 0.485. The first-order valence-electron chi connectivity index (χ1n) is 5.29. The van der Waals surface area contributed by atoms with E-state index in [1.165, 1.54) is 29.8 Å². The predicted molar refractivity (Wildman–Crippen MR) is 63.0 cm³/mol. The normalized spacial score (nSPS) is 10.6. The minimum Gasteiger partial charge on any atom is -0.481 e. The van der Waals surface area contributed by atoms with Crippen molar-refractivity contribution in [2.45, 2.75) is 6.42 Å². The molecule has 19 heavy (non-hydrogen) atoms. The first-order valence-corrected chi connectivity index (χ1v) is 5.29. The van der Waals surface area contributed by atoms with Crippen LogP contribution >= 0.6 is 0 Å². The van der Waals surface area contributed by atoms with Crippen LogP contribution in [0.2, 0.25) is 0 Å². The van der Waals surface area contributed by atoms with E-state index in [9.17, 15) is 19.2 Å². The molecule has 2 rings (SSSR count). The molecule has 0 aliphatic rings. The number of oxazole rings is 1. The predicted octanol–water partition coefficient (Wildman–Crippen LogP) is 0.358. The molecule has 0 bridgehead atoms. The van der Waals surface area contributed by atoms with Crippen LogP contribution in [0.3, 0.4) is 0 Å². The van der Waals surface area contributed by atoms with Crippen molar-refractivity contribution in [1.29, 1.82) is 0 Å². The second-order valence-corrected chi connectivity index (χ2v) is 3.93. The monoisotopic (exact) mass is 263 g/mol. The van der Waals surface area contributed by atoms with Gasteiger partial charge in [-0.3, -0.25) is 19.0 Å². The molecule has 2 aromatic rings. The van der Waals surface area contributed by atoms with Gasteiger partial charge in [0.2, 0.25) is 11.6 Å². The smallest absolute Gasteiger partial charge is 0.419 e. The van der Waals surface area contributed by atoms with E-state index in [2.05, 4.69) is 0 Å². The highest BCUT2D eigenvalue weighted by molar-refractivity contribution is 6.45. The van der Waals surface area contributed by atoms with Gasteiger partial charge in [0.15, 0.2) is 5.58 Å². The molecule has 0 aliphatic heterocycles. The molecular weight excluding hydrogens is 254 g/mol. The molecule has 1 aromatic heterocycles. The molecule has 1 N–H and O–H groups in total. The molecule has 98 valence electrons. The van der Waals surface area contributed by atoms with Crippen molar-refractivity contribution in [2.75, 3.05) is 0 Å². The number of carbonyl (C=O) groups is 3. The third-order valence-corrected chi connectivity index (χ3v) is 2.62. The van der Waals surface area contributed by atoms with Crippen molar-refractivity contribution in [1.82, 2.24) is 4.57 Å². The Balaban J connectivity index is 2.43. The largest absolute Gasteiger partial charge is 0.481 e. The Bertz CT molecular complexity index is 751. The molecule has 0 amide bonds. The Morgan fingerprint density at radius 1 is 1.32 bits per heavy atom. The van der Waals surface area contributed by atoms with Crippen LogP contribution in [0.5, 0.6) is 0 Å². The number of aliphatic carboxylic acids is 1. The van der Waals surface area contributed by atoms with Gasteiger partial charge in [0.05, 0.1) is 5.52 Å². The van der Waals surface area contributed by atoms with Crippen molar-refractivity contribution >= 4 is 28.6 Å². The minimum atomic E-state index is -1.37. The third-order valence-electron chi connectivity index (χ3n) is 2.62. The molecule has 0 spiro atoms. The number of carbonyl (C=O) groups excluding carboxylic acids is 2. The average Bonchev–Trinajstić information content (AvgIpc) is 2.63. The first-order chi connectivity index (χ1) is 8.90. The molecule has 0 radical (unpaired) electrons. The van der Waals surface area contributed by atoms with E-state index in [0.717, 1.165) is 0 Å². The van der Waals surface area contributed by atoms with Crippen LogP contribution in [0, 0.1) is 0 Å². The molecule has 0 atom stereocenters. The van der Waals surface area contributed by atoms with Crippen LogP contribution in [-0.2, 0) is 16.6 Å². The highest BCUT2D eigenvalue weighted by atomic mass is 16.4. The van der Waals surface area contributed by atoms with Gasteiger partial charge < -0.3 is 9.52 Å². The van der Waals surface area contributed by atoms with Gasteiger partial charge in [0.1, 0.15) is 6.42 Å². The summed E-state index contributed by atoms with van der Waals surface area (Å²) in [7, 11) is 1.46. The van der Waals surface area contributed by atoms with Gasteiger partial charge in [0, 0.05) is 12.6 Å². The van der Waals surface area contributed by atoms with Gasteiger partial charge in [-0.05, 0) is 18.2 Å². The lowest BCUT2D eigenvalue weighted by Gasteiger charge is -1.99. The Kier molecular flexibility index (Phi) is 3.04. The van der Waals surface area contributed by atoms with Crippen molar-refractivity contribution < 1.29 is 23.9 Å². The molecule has 0 fully saturated rings. The Labute approximate surface area is 106 Å². The van der Waals surface area contributed by atoms with Crippen molar-refractivity contribution in [3.63, 3.8) is 0 Å². The number of rotatable bonds is 4. The molecule has 0 saturated carbocycles. The van der Waals surface area contributed by atoms with Crippen LogP contribution < -0.4 is 5.76 Å². The summed E-state index contributed by atoms with van der Waals surface area (Å²) in [5.74, 6) is -3.87. The summed E-state index contributed by atoms with van der Waals surface area (Å²) in [5.41, 5.74) is 0.670. The van der Waals surface area contributed by atoms with Crippen molar-refractivity contribution in [3.8, 4) is 0 Å². The number of carboxylic acids is 1. The van der Waals surface area contributed by atoms with Gasteiger partial charge in [-0.25, -0.2) is 4.79 Å². The highest BCUT2D eigenvalue weighted by Crippen LogP contribution is 2.15. The standard InChI is InChI=1S/C12H9NO6/c1-13-7-4-6(2-3-9(7)19-12(13)18)11(17)8(14)5-10(15)16/h2-4H,5H2,1H3,(H,15,16). The van der Waals surface area contributed by atoms with E-state index in [-0.39, 0.29) is 11.1 Å². The number of hydrogen-bond donors (Lipinski definition) is 1. The fraction of sp³-hybridized carbons (Fsp3) is 0.167. The van der Waals surface area contributed by atoms with Gasteiger partial charge in [-0.2, -0.15) is 0 Å². The molecule has 0 unspecified atom stereocenters. The number of carboxylic acid groups (broad SMARTS) is 1. The lowest BCUT2D eigenvalue weighted by Crippen LogP contribution is -2.18. The number of ketones is 2. The number of aromatic nitrogens is 1. The fourth-order valence-electron chi connectivity index (χ4n) is 1.65. The van der Waals surface area contributed by atoms with Crippen LogP contribution in [0.15, 0.2) is 27.4 Å². The molecule has 7 heteroatoms. The summed E-state index contributed by atoms with van der Waals surface area (Å²) >= 11 is 0. The Morgan fingerprint density at radius 3 is 2.63 bits per heavy atom. The molecule has 1 heterocycles. The van der Waals surface area contributed by atoms with Crippen LogP contribution in [0.4, 0.5) is 0 Å². The molecule has 0 aliphatic carbocycles. The molecule has 0 saturated heterocycles. The van der Waals surface area contributed by atoms with E-state index < -0.39 is 29.7 Å². The zero-order valence-corrected chi connectivity index (χ0v) is 9.87. The maximum absolute atomic E-state index is 11.7. The number of benzene rings is 1. The maximum Gasteiger partial charge on any atom is 0.419 e. The highest BCUT2D eigenvalue weighted by Gasteiger charge is 2.20. The Hall–Kier alpha value is -2.70. The van der Waals surface area contributed by atoms with Gasteiger partial charge in [0.25, 0.3) is 0 Å². The lowest BCUT2D eigenvalue weighted by molar-refractivity contribution is -0.139.